The average molecular weight is 495 g/mol. The molecule has 0 aromatic heterocycles. The zero-order valence-electron chi connectivity index (χ0n) is 21.5. The fourth-order valence-electron chi connectivity index (χ4n) is 5.18. The number of rotatable bonds is 7. The molecule has 4 unspecified atom stereocenters. The van der Waals surface area contributed by atoms with Crippen molar-refractivity contribution in [2.75, 3.05) is 6.61 Å². The fourth-order valence-corrected chi connectivity index (χ4v) is 5.18. The van der Waals surface area contributed by atoms with Crippen molar-refractivity contribution in [2.45, 2.75) is 102 Å². The van der Waals surface area contributed by atoms with Crippen LogP contribution in [-0.2, 0) is 11.2 Å². The average Bonchev–Trinajstić information content (AvgIpc) is 2.90. The lowest BCUT2D eigenvalue weighted by Gasteiger charge is -2.24. The summed E-state index contributed by atoms with van der Waals surface area (Å²) in [4.78, 5) is 0. The van der Waals surface area contributed by atoms with Gasteiger partial charge in [-0.2, -0.15) is 0 Å². The predicted molar refractivity (Wildman–Crippen MR) is 142 cm³/mol. The highest BCUT2D eigenvalue weighted by Gasteiger charge is 2.20. The number of nitrogens with two attached hydrogens (primary N) is 1. The van der Waals surface area contributed by atoms with Crippen molar-refractivity contribution < 1.29 is 19.7 Å². The second-order valence-electron chi connectivity index (χ2n) is 10.6. The molecule has 0 radical (unpaired) electrons. The van der Waals surface area contributed by atoms with E-state index in [2.05, 4.69) is 24.1 Å². The Kier molecular flexibility index (Phi) is 9.75. The summed E-state index contributed by atoms with van der Waals surface area (Å²) in [6.45, 7) is 2.61. The van der Waals surface area contributed by atoms with Crippen LogP contribution in [0.3, 0.4) is 0 Å². The number of ether oxygens (including phenoxy) is 2. The van der Waals surface area contributed by atoms with Gasteiger partial charge in [0, 0.05) is 23.3 Å². The zero-order valence-corrected chi connectivity index (χ0v) is 21.5. The maximum Gasteiger partial charge on any atom is 0.161 e. The van der Waals surface area contributed by atoms with Gasteiger partial charge in [-0.15, -0.1) is 0 Å². The monoisotopic (exact) mass is 494 g/mol. The largest absolute Gasteiger partial charge is 0.504 e. The Hall–Kier alpha value is -2.46. The smallest absolute Gasteiger partial charge is 0.161 e. The van der Waals surface area contributed by atoms with Gasteiger partial charge in [-0.25, -0.2) is 0 Å². The number of dihydropyridines is 1. The summed E-state index contributed by atoms with van der Waals surface area (Å²) >= 11 is 0. The molecule has 1 aliphatic carbocycles. The van der Waals surface area contributed by atoms with E-state index < -0.39 is 6.10 Å². The van der Waals surface area contributed by atoms with Gasteiger partial charge in [0.25, 0.3) is 0 Å². The summed E-state index contributed by atoms with van der Waals surface area (Å²) in [5, 5.41) is 24.3. The molecule has 36 heavy (non-hydrogen) atoms. The molecule has 1 aromatic carbocycles. The van der Waals surface area contributed by atoms with Crippen LogP contribution in [-0.4, -0.2) is 41.3 Å². The fraction of sp³-hybridized carbons (Fsp3) is 0.600. The third-order valence-corrected chi connectivity index (χ3v) is 7.40. The number of benzene rings is 1. The van der Waals surface area contributed by atoms with E-state index >= 15 is 0 Å². The minimum Gasteiger partial charge on any atom is -0.504 e. The van der Waals surface area contributed by atoms with Gasteiger partial charge in [-0.3, -0.25) is 0 Å². The third-order valence-electron chi connectivity index (χ3n) is 7.40. The summed E-state index contributed by atoms with van der Waals surface area (Å²) in [6, 6.07) is 5.56. The van der Waals surface area contributed by atoms with Crippen molar-refractivity contribution in [1.29, 1.82) is 0 Å². The summed E-state index contributed by atoms with van der Waals surface area (Å²) in [6.07, 6.45) is 13.9. The molecule has 4 rings (SSSR count). The first-order valence-corrected chi connectivity index (χ1v) is 13.7. The van der Waals surface area contributed by atoms with Crippen LogP contribution in [0.2, 0.25) is 0 Å². The van der Waals surface area contributed by atoms with Crippen LogP contribution in [0.4, 0.5) is 0 Å². The van der Waals surface area contributed by atoms with E-state index in [9.17, 15) is 10.2 Å². The van der Waals surface area contributed by atoms with Crippen molar-refractivity contribution in [3.63, 3.8) is 0 Å². The molecular formula is C30H42N2O4. The Bertz CT molecular complexity index is 986. The van der Waals surface area contributed by atoms with Gasteiger partial charge in [0.15, 0.2) is 11.5 Å². The van der Waals surface area contributed by atoms with E-state index in [-0.39, 0.29) is 24.1 Å². The highest BCUT2D eigenvalue weighted by molar-refractivity contribution is 5.48. The van der Waals surface area contributed by atoms with Gasteiger partial charge in [0.05, 0.1) is 31.1 Å². The van der Waals surface area contributed by atoms with Gasteiger partial charge < -0.3 is 30.7 Å². The number of hydrogen-bond acceptors (Lipinski definition) is 6. The van der Waals surface area contributed by atoms with E-state index in [1.54, 1.807) is 6.07 Å². The topological polar surface area (TPSA) is 97.0 Å². The lowest BCUT2D eigenvalue weighted by Crippen LogP contribution is -2.35. The van der Waals surface area contributed by atoms with Gasteiger partial charge in [-0.1, -0.05) is 31.3 Å². The molecule has 4 atom stereocenters. The molecule has 3 aliphatic rings. The number of nitrogens with one attached hydrogen (secondary N) is 1. The first-order valence-electron chi connectivity index (χ1n) is 13.7. The van der Waals surface area contributed by atoms with E-state index in [1.165, 1.54) is 19.3 Å². The van der Waals surface area contributed by atoms with Gasteiger partial charge in [0.1, 0.15) is 0 Å². The van der Waals surface area contributed by atoms with Crippen LogP contribution < -0.4 is 15.8 Å². The molecule has 0 bridgehead atoms. The van der Waals surface area contributed by atoms with E-state index in [1.807, 2.05) is 24.4 Å². The lowest BCUT2D eigenvalue weighted by molar-refractivity contribution is 0.0167. The number of phenols is 1. The maximum atomic E-state index is 10.9. The van der Waals surface area contributed by atoms with Gasteiger partial charge >= 0.3 is 0 Å². The first kappa shape index (κ1) is 26.6. The molecule has 0 spiro atoms. The molecule has 2 heterocycles. The Morgan fingerprint density at radius 2 is 2.00 bits per heavy atom. The standard InChI is InChI=1S/C30H42N2O4/c1-21-6-5-9-27(35-20-24-19-32-30(31)17-23(24)13-10-21)18-25(33)14-11-22-12-15-28(34)29(16-22)36-26-7-3-2-4-8-26/h12,15-17,19,21,25-27,30,32-34H,2-9,11,14,18,20,31H2,1H3. The molecule has 6 nitrogen and oxygen atoms in total. The molecule has 6 heteroatoms. The second-order valence-corrected chi connectivity index (χ2v) is 10.6. The van der Waals surface area contributed by atoms with Crippen LogP contribution in [0.25, 0.3) is 0 Å². The van der Waals surface area contributed by atoms with Crippen molar-refractivity contribution in [1.82, 2.24) is 5.32 Å². The Morgan fingerprint density at radius 3 is 2.83 bits per heavy atom. The highest BCUT2D eigenvalue weighted by atomic mass is 16.5. The first-order chi connectivity index (χ1) is 17.5. The molecule has 0 saturated heterocycles. The number of hydrogen-bond donors (Lipinski definition) is 4. The van der Waals surface area contributed by atoms with Crippen LogP contribution in [0.5, 0.6) is 11.5 Å². The van der Waals surface area contributed by atoms with Crippen LogP contribution in [0, 0.1) is 17.8 Å². The number of aryl methyl sites for hydroxylation is 1. The maximum absolute atomic E-state index is 10.9. The SMILES string of the molecule is CC1C#CC2=CC(N)NC=C2COC(CC(O)CCc2ccc(O)c(OC3CCCCC3)c2)CCC1. The molecule has 2 aliphatic heterocycles. The Balaban J connectivity index is 1.31. The Morgan fingerprint density at radius 1 is 1.17 bits per heavy atom. The quantitative estimate of drug-likeness (QED) is 0.411. The number of aliphatic hydroxyl groups is 1. The summed E-state index contributed by atoms with van der Waals surface area (Å²) in [5.74, 6) is 7.71. The third kappa shape index (κ3) is 8.03. The molecule has 1 aromatic rings. The number of aromatic hydroxyl groups is 1. The molecule has 1 fully saturated rings. The van der Waals surface area contributed by atoms with E-state index in [0.29, 0.717) is 31.1 Å². The van der Waals surface area contributed by atoms with E-state index in [0.717, 1.165) is 55.2 Å². The van der Waals surface area contributed by atoms with Crippen molar-refractivity contribution in [3.05, 3.63) is 47.2 Å². The van der Waals surface area contributed by atoms with E-state index in [4.69, 9.17) is 15.2 Å². The lowest BCUT2D eigenvalue weighted by atomic mass is 9.97. The minimum absolute atomic E-state index is 0.0203. The zero-order chi connectivity index (χ0) is 25.3. The van der Waals surface area contributed by atoms with Gasteiger partial charge in [-0.05, 0) is 88.0 Å². The number of aliphatic hydroxyl groups excluding tert-OH is 1. The Labute approximate surface area is 215 Å². The van der Waals surface area contributed by atoms with Crippen molar-refractivity contribution in [2.24, 2.45) is 11.7 Å². The van der Waals surface area contributed by atoms with Gasteiger partial charge in [0.2, 0.25) is 0 Å². The summed E-state index contributed by atoms with van der Waals surface area (Å²) in [5.41, 5.74) is 9.02. The second kappa shape index (κ2) is 13.2. The molecule has 0 amide bonds. The number of phenolic OH excluding ortho intramolecular Hbond substituents is 1. The molecule has 1 saturated carbocycles. The van der Waals surface area contributed by atoms with Crippen molar-refractivity contribution in [3.8, 4) is 23.3 Å². The minimum atomic E-state index is -0.466. The molecule has 5 N–H and O–H groups in total. The van der Waals surface area contributed by atoms with Crippen molar-refractivity contribution >= 4 is 0 Å². The van der Waals surface area contributed by atoms with Crippen LogP contribution >= 0.6 is 0 Å². The molecule has 196 valence electrons. The summed E-state index contributed by atoms with van der Waals surface area (Å²) < 4.78 is 12.4. The molecular weight excluding hydrogens is 452 g/mol. The van der Waals surface area contributed by atoms with Crippen LogP contribution in [0.15, 0.2) is 41.6 Å². The number of fused-ring (bicyclic) bond motifs is 1. The summed E-state index contributed by atoms with van der Waals surface area (Å²) in [7, 11) is 0. The predicted octanol–water partition coefficient (Wildman–Crippen LogP) is 4.69. The highest BCUT2D eigenvalue weighted by Crippen LogP contribution is 2.32. The normalized spacial score (nSPS) is 26.1. The van der Waals surface area contributed by atoms with Crippen LogP contribution in [0.1, 0.15) is 76.7 Å².